The van der Waals surface area contributed by atoms with E-state index in [-0.39, 0.29) is 12.5 Å². The zero-order valence-electron chi connectivity index (χ0n) is 17.3. The van der Waals surface area contributed by atoms with Gasteiger partial charge in [-0.25, -0.2) is 4.98 Å². The number of pyridine rings is 2. The summed E-state index contributed by atoms with van der Waals surface area (Å²) in [6.07, 6.45) is -3.09. The highest BCUT2D eigenvalue weighted by atomic mass is 19.4. The Balaban J connectivity index is 1.58. The van der Waals surface area contributed by atoms with E-state index in [9.17, 15) is 18.0 Å². The van der Waals surface area contributed by atoms with Crippen LogP contribution in [-0.2, 0) is 24.5 Å². The predicted octanol–water partition coefficient (Wildman–Crippen LogP) is 4.19. The molecule has 0 bridgehead atoms. The minimum absolute atomic E-state index is 0.151. The third-order valence-corrected chi connectivity index (χ3v) is 5.14. The number of halogens is 3. The molecule has 3 heterocycles. The van der Waals surface area contributed by atoms with Crippen LogP contribution in [0.25, 0.3) is 10.9 Å². The van der Waals surface area contributed by atoms with E-state index in [1.165, 1.54) is 12.1 Å². The number of hydrogen-bond donors (Lipinski definition) is 1. The van der Waals surface area contributed by atoms with Crippen molar-refractivity contribution >= 4 is 22.6 Å². The summed E-state index contributed by atoms with van der Waals surface area (Å²) in [6, 6.07) is 7.82. The number of amides is 1. The lowest BCUT2D eigenvalue weighted by Gasteiger charge is -2.22. The van der Waals surface area contributed by atoms with Crippen molar-refractivity contribution in [3.8, 4) is 5.75 Å². The molecule has 7 nitrogen and oxygen atoms in total. The van der Waals surface area contributed by atoms with Crippen LogP contribution in [0.15, 0.2) is 36.5 Å². The number of hydrogen-bond acceptors (Lipinski definition) is 6. The highest BCUT2D eigenvalue weighted by molar-refractivity contribution is 5.99. The van der Waals surface area contributed by atoms with Crippen LogP contribution in [0.5, 0.6) is 5.75 Å². The second-order valence-corrected chi connectivity index (χ2v) is 7.44. The second-order valence-electron chi connectivity index (χ2n) is 7.44. The Kier molecular flexibility index (Phi) is 5.88. The highest BCUT2D eigenvalue weighted by Gasteiger charge is 2.31. The van der Waals surface area contributed by atoms with Crippen molar-refractivity contribution in [2.24, 2.45) is 0 Å². The summed E-state index contributed by atoms with van der Waals surface area (Å²) in [5.74, 6) is -0.191. The Morgan fingerprint density at radius 2 is 2.00 bits per heavy atom. The molecule has 0 spiro atoms. The fraction of sp³-hybridized carbons (Fsp3) is 0.318. The lowest BCUT2D eigenvalue weighted by Crippen LogP contribution is -2.31. The molecule has 0 atom stereocenters. The molecular formula is C22H21F3N4O3. The van der Waals surface area contributed by atoms with Crippen LogP contribution < -0.4 is 10.5 Å². The van der Waals surface area contributed by atoms with E-state index in [2.05, 4.69) is 14.7 Å². The quantitative estimate of drug-likeness (QED) is 0.611. The Hall–Kier alpha value is -3.40. The fourth-order valence-corrected chi connectivity index (χ4v) is 3.70. The first kappa shape index (κ1) is 21.8. The summed E-state index contributed by atoms with van der Waals surface area (Å²) in [6.45, 7) is 3.35. The average molecular weight is 446 g/mol. The molecule has 2 aromatic heterocycles. The van der Waals surface area contributed by atoms with Gasteiger partial charge in [0, 0.05) is 23.1 Å². The minimum Gasteiger partial charge on any atom is -0.404 e. The standard InChI is InChI=1S/C22H21F3N4O3/c1-2-7-29(10-14-4-5-15(9-27-14)32-22(23,24)25)21(30)13-3-6-19-16(8-13)17-11-31-12-18(17)20(26)28-19/h3-6,8-9H,2,7,10-12H2,1H3,(H2,26,28). The number of nitrogens with zero attached hydrogens (tertiary/aromatic N) is 3. The molecule has 1 aliphatic heterocycles. The van der Waals surface area contributed by atoms with Gasteiger partial charge in [0.2, 0.25) is 0 Å². The third-order valence-electron chi connectivity index (χ3n) is 5.14. The van der Waals surface area contributed by atoms with Crippen LogP contribution in [-0.4, -0.2) is 33.7 Å². The molecule has 4 rings (SSSR count). The molecule has 0 aliphatic carbocycles. The SMILES string of the molecule is CCCN(Cc1ccc(OC(F)(F)F)cn1)C(=O)c1ccc2nc(N)c3c(c2c1)COC3. The van der Waals surface area contributed by atoms with E-state index < -0.39 is 12.1 Å². The van der Waals surface area contributed by atoms with Gasteiger partial charge in [0.1, 0.15) is 11.6 Å². The van der Waals surface area contributed by atoms with Crippen molar-refractivity contribution in [3.05, 3.63) is 58.9 Å². The number of rotatable bonds is 6. The number of nitrogens with two attached hydrogens (primary N) is 1. The number of benzene rings is 1. The molecule has 1 aliphatic rings. The molecule has 0 saturated heterocycles. The normalized spacial score (nSPS) is 13.2. The maximum Gasteiger partial charge on any atom is 0.573 e. The van der Waals surface area contributed by atoms with E-state index in [0.29, 0.717) is 48.8 Å². The van der Waals surface area contributed by atoms with Gasteiger partial charge in [0.25, 0.3) is 5.91 Å². The third kappa shape index (κ3) is 4.59. The summed E-state index contributed by atoms with van der Waals surface area (Å²) < 4.78 is 46.4. The summed E-state index contributed by atoms with van der Waals surface area (Å²) in [4.78, 5) is 23.3. The lowest BCUT2D eigenvalue weighted by molar-refractivity contribution is -0.274. The predicted molar refractivity (Wildman–Crippen MR) is 111 cm³/mol. The molecule has 0 fully saturated rings. The van der Waals surface area contributed by atoms with Gasteiger partial charge in [0.15, 0.2) is 0 Å². The van der Waals surface area contributed by atoms with Gasteiger partial charge >= 0.3 is 6.36 Å². The van der Waals surface area contributed by atoms with Gasteiger partial charge in [-0.2, -0.15) is 0 Å². The number of ether oxygens (including phenoxy) is 2. The highest BCUT2D eigenvalue weighted by Crippen LogP contribution is 2.32. The lowest BCUT2D eigenvalue weighted by atomic mass is 10.0. The first-order chi connectivity index (χ1) is 15.2. The first-order valence-corrected chi connectivity index (χ1v) is 10.0. The van der Waals surface area contributed by atoms with Crippen LogP contribution in [0.1, 0.15) is 40.5 Å². The molecule has 0 unspecified atom stereocenters. The molecule has 3 aromatic rings. The number of anilines is 1. The molecule has 0 saturated carbocycles. The van der Waals surface area contributed by atoms with Gasteiger partial charge in [-0.15, -0.1) is 13.2 Å². The molecule has 1 amide bonds. The molecule has 10 heteroatoms. The minimum atomic E-state index is -4.78. The summed E-state index contributed by atoms with van der Waals surface area (Å²) >= 11 is 0. The van der Waals surface area contributed by atoms with Crippen molar-refractivity contribution in [2.75, 3.05) is 12.3 Å². The zero-order valence-corrected chi connectivity index (χ0v) is 17.3. The maximum absolute atomic E-state index is 13.3. The number of aromatic nitrogens is 2. The largest absolute Gasteiger partial charge is 0.573 e. The van der Waals surface area contributed by atoms with Crippen molar-refractivity contribution < 1.29 is 27.4 Å². The molecule has 2 N–H and O–H groups in total. The molecule has 168 valence electrons. The Bertz CT molecular complexity index is 1150. The molecule has 1 aromatic carbocycles. The maximum atomic E-state index is 13.3. The Morgan fingerprint density at radius 3 is 2.69 bits per heavy atom. The summed E-state index contributed by atoms with van der Waals surface area (Å²) in [5, 5.41) is 0.820. The summed E-state index contributed by atoms with van der Waals surface area (Å²) in [7, 11) is 0. The monoisotopic (exact) mass is 446 g/mol. The van der Waals surface area contributed by atoms with Gasteiger partial charge in [0.05, 0.1) is 37.2 Å². The van der Waals surface area contributed by atoms with E-state index in [1.54, 1.807) is 23.1 Å². The van der Waals surface area contributed by atoms with Crippen molar-refractivity contribution in [1.29, 1.82) is 0 Å². The van der Waals surface area contributed by atoms with E-state index in [4.69, 9.17) is 10.5 Å². The van der Waals surface area contributed by atoms with Gasteiger partial charge in [-0.3, -0.25) is 9.78 Å². The van der Waals surface area contributed by atoms with Crippen molar-refractivity contribution in [3.63, 3.8) is 0 Å². The number of carbonyl (C=O) groups excluding carboxylic acids is 1. The van der Waals surface area contributed by atoms with Crippen LogP contribution >= 0.6 is 0 Å². The van der Waals surface area contributed by atoms with Gasteiger partial charge < -0.3 is 20.1 Å². The molecular weight excluding hydrogens is 425 g/mol. The summed E-state index contributed by atoms with van der Waals surface area (Å²) in [5.41, 5.74) is 9.40. The first-order valence-electron chi connectivity index (χ1n) is 10.0. The Morgan fingerprint density at radius 1 is 1.22 bits per heavy atom. The number of carbonyl (C=O) groups is 1. The molecule has 32 heavy (non-hydrogen) atoms. The van der Waals surface area contributed by atoms with Crippen LogP contribution in [0.2, 0.25) is 0 Å². The topological polar surface area (TPSA) is 90.6 Å². The van der Waals surface area contributed by atoms with Crippen LogP contribution in [0.4, 0.5) is 19.0 Å². The smallest absolute Gasteiger partial charge is 0.404 e. The number of alkyl halides is 3. The van der Waals surface area contributed by atoms with Crippen LogP contribution in [0.3, 0.4) is 0 Å². The molecule has 0 radical (unpaired) electrons. The van der Waals surface area contributed by atoms with Crippen molar-refractivity contribution in [1.82, 2.24) is 14.9 Å². The van der Waals surface area contributed by atoms with Gasteiger partial charge in [-0.1, -0.05) is 6.92 Å². The van der Waals surface area contributed by atoms with Gasteiger partial charge in [-0.05, 0) is 42.3 Å². The number of nitrogen functional groups attached to an aromatic ring is 1. The van der Waals surface area contributed by atoms with E-state index in [0.717, 1.165) is 22.7 Å². The Labute approximate surface area is 182 Å². The zero-order chi connectivity index (χ0) is 22.9. The second kappa shape index (κ2) is 8.62. The van der Waals surface area contributed by atoms with E-state index >= 15 is 0 Å². The van der Waals surface area contributed by atoms with E-state index in [1.807, 2.05) is 6.92 Å². The van der Waals surface area contributed by atoms with Crippen molar-refractivity contribution in [2.45, 2.75) is 39.5 Å². The average Bonchev–Trinajstić information content (AvgIpc) is 3.24. The fourth-order valence-electron chi connectivity index (χ4n) is 3.70. The van der Waals surface area contributed by atoms with Crippen LogP contribution in [0, 0.1) is 0 Å². The number of fused-ring (bicyclic) bond motifs is 3.